The zero-order valence-electron chi connectivity index (χ0n) is 38.2. The molecule has 0 amide bonds. The summed E-state index contributed by atoms with van der Waals surface area (Å²) in [6, 6.07) is 98.5. The van der Waals surface area contributed by atoms with Crippen LogP contribution in [0.1, 0.15) is 22.3 Å². The molecule has 2 aromatic heterocycles. The summed E-state index contributed by atoms with van der Waals surface area (Å²) in [6.45, 7) is 0. The van der Waals surface area contributed by atoms with Gasteiger partial charge in [-0.25, -0.2) is 0 Å². The molecule has 0 spiro atoms. The quantitative estimate of drug-likeness (QED) is 0.147. The van der Waals surface area contributed by atoms with E-state index in [0.29, 0.717) is 0 Å². The number of hydrogen-bond acceptors (Lipinski definition) is 2. The number of anilines is 3. The van der Waals surface area contributed by atoms with Crippen LogP contribution in [0.5, 0.6) is 0 Å². The molecule has 0 aliphatic heterocycles. The molecular formula is C67H44N2S. The lowest BCUT2D eigenvalue weighted by Gasteiger charge is -2.34. The molecule has 0 N–H and O–H groups in total. The lowest BCUT2D eigenvalue weighted by molar-refractivity contribution is 0.768. The first kappa shape index (κ1) is 40.3. The first-order valence-electron chi connectivity index (χ1n) is 24.1. The van der Waals surface area contributed by atoms with Crippen molar-refractivity contribution in [3.8, 4) is 39.1 Å². The van der Waals surface area contributed by atoms with Crippen molar-refractivity contribution in [2.45, 2.75) is 5.41 Å². The van der Waals surface area contributed by atoms with E-state index < -0.39 is 5.41 Å². The van der Waals surface area contributed by atoms with Crippen molar-refractivity contribution < 1.29 is 0 Å². The Kier molecular flexibility index (Phi) is 9.33. The zero-order chi connectivity index (χ0) is 46.2. The zero-order valence-corrected chi connectivity index (χ0v) is 39.0. The van der Waals surface area contributed by atoms with Gasteiger partial charge < -0.3 is 9.47 Å². The third-order valence-corrected chi connectivity index (χ3v) is 15.9. The minimum absolute atomic E-state index is 0.468. The average Bonchev–Trinajstić information content (AvgIpc) is 4.08. The second kappa shape index (κ2) is 16.2. The summed E-state index contributed by atoms with van der Waals surface area (Å²) in [5.74, 6) is 0. The van der Waals surface area contributed by atoms with Crippen LogP contribution in [0, 0.1) is 0 Å². The molecule has 1 aliphatic rings. The molecule has 70 heavy (non-hydrogen) atoms. The molecule has 0 atom stereocenters. The van der Waals surface area contributed by atoms with Gasteiger partial charge in [-0.15, -0.1) is 11.3 Å². The molecule has 328 valence electrons. The number of fused-ring (bicyclic) bond motifs is 9. The molecule has 0 saturated carbocycles. The molecule has 11 aromatic carbocycles. The average molecular weight is 909 g/mol. The molecule has 13 aromatic rings. The molecule has 0 fully saturated rings. The van der Waals surface area contributed by atoms with E-state index in [2.05, 4.69) is 276 Å². The third kappa shape index (κ3) is 6.25. The van der Waals surface area contributed by atoms with E-state index in [9.17, 15) is 0 Å². The lowest BCUT2D eigenvalue weighted by Crippen LogP contribution is -2.28. The number of thiophene rings is 1. The van der Waals surface area contributed by atoms with Crippen LogP contribution in [-0.4, -0.2) is 4.57 Å². The topological polar surface area (TPSA) is 8.17 Å². The van der Waals surface area contributed by atoms with Gasteiger partial charge in [0, 0.05) is 53.7 Å². The van der Waals surface area contributed by atoms with Crippen molar-refractivity contribution >= 4 is 70.4 Å². The van der Waals surface area contributed by atoms with Crippen molar-refractivity contribution in [1.29, 1.82) is 0 Å². The lowest BCUT2D eigenvalue weighted by atomic mass is 9.68. The van der Waals surface area contributed by atoms with Crippen molar-refractivity contribution in [2.24, 2.45) is 0 Å². The van der Waals surface area contributed by atoms with Crippen LogP contribution >= 0.6 is 11.3 Å². The van der Waals surface area contributed by atoms with E-state index >= 15 is 0 Å². The molecule has 0 unspecified atom stereocenters. The summed E-state index contributed by atoms with van der Waals surface area (Å²) in [5, 5.41) is 5.16. The molecule has 1 aliphatic carbocycles. The van der Waals surface area contributed by atoms with Gasteiger partial charge in [0.1, 0.15) is 0 Å². The number of rotatable bonds is 8. The van der Waals surface area contributed by atoms with E-state index in [-0.39, 0.29) is 0 Å². The fourth-order valence-electron chi connectivity index (χ4n) is 11.5. The Bertz CT molecular complexity index is 4000. The van der Waals surface area contributed by atoms with Gasteiger partial charge in [0.25, 0.3) is 0 Å². The molecule has 2 nitrogen and oxygen atoms in total. The fourth-order valence-corrected chi connectivity index (χ4v) is 12.6. The minimum Gasteiger partial charge on any atom is -0.310 e. The first-order valence-corrected chi connectivity index (χ1v) is 24.9. The molecule has 0 saturated heterocycles. The standard InChI is InChI=1S/C67H44N2S/c1-3-15-49(16-4-1)67(50-17-5-2-6-18-50)61-23-11-7-19-55(61)59-44-54(40-41-62(59)67)68(52-36-38-53(39-37-52)69-63-24-12-8-20-56(63)57-21-9-13-25-64(57)69)51-34-31-46(32-35-51)45-27-29-47(30-28-45)48-33-42-66-60(43-48)58-22-10-14-26-65(58)70-66/h1-44H. The predicted octanol–water partition coefficient (Wildman–Crippen LogP) is 18.3. The largest absolute Gasteiger partial charge is 0.310 e. The van der Waals surface area contributed by atoms with Gasteiger partial charge in [0.2, 0.25) is 0 Å². The van der Waals surface area contributed by atoms with E-state index in [0.717, 1.165) is 22.7 Å². The van der Waals surface area contributed by atoms with Gasteiger partial charge >= 0.3 is 0 Å². The smallest absolute Gasteiger partial charge is 0.0713 e. The van der Waals surface area contributed by atoms with Gasteiger partial charge in [-0.2, -0.15) is 0 Å². The summed E-state index contributed by atoms with van der Waals surface area (Å²) in [4.78, 5) is 2.42. The monoisotopic (exact) mass is 908 g/mol. The van der Waals surface area contributed by atoms with E-state index in [1.54, 1.807) is 0 Å². The summed E-state index contributed by atoms with van der Waals surface area (Å²) in [7, 11) is 0. The number of benzene rings is 11. The van der Waals surface area contributed by atoms with Crippen LogP contribution in [0.25, 0.3) is 81.0 Å². The SMILES string of the molecule is c1ccc(C2(c3ccccc3)c3ccccc3-c3cc(N(c4ccc(-c5ccc(-c6ccc7sc8ccccc8c7c6)cc5)cc4)c4ccc(-n5c6ccccc6c6ccccc65)cc4)ccc32)cc1. The highest BCUT2D eigenvalue weighted by molar-refractivity contribution is 7.25. The van der Waals surface area contributed by atoms with Gasteiger partial charge in [-0.1, -0.05) is 188 Å². The Balaban J connectivity index is 0.884. The number of hydrogen-bond donors (Lipinski definition) is 0. The van der Waals surface area contributed by atoms with Crippen molar-refractivity contribution in [3.63, 3.8) is 0 Å². The van der Waals surface area contributed by atoms with Crippen molar-refractivity contribution in [3.05, 3.63) is 289 Å². The summed E-state index contributed by atoms with van der Waals surface area (Å²) < 4.78 is 5.05. The summed E-state index contributed by atoms with van der Waals surface area (Å²) >= 11 is 1.86. The molecule has 0 radical (unpaired) electrons. The van der Waals surface area contributed by atoms with Gasteiger partial charge in [-0.3, -0.25) is 0 Å². The van der Waals surface area contributed by atoms with Crippen LogP contribution in [0.4, 0.5) is 17.1 Å². The second-order valence-corrected chi connectivity index (χ2v) is 19.5. The second-order valence-electron chi connectivity index (χ2n) is 18.4. The minimum atomic E-state index is -0.468. The van der Waals surface area contributed by atoms with Crippen molar-refractivity contribution in [2.75, 3.05) is 4.90 Å². The van der Waals surface area contributed by atoms with Crippen molar-refractivity contribution in [1.82, 2.24) is 4.57 Å². The highest BCUT2D eigenvalue weighted by atomic mass is 32.1. The maximum absolute atomic E-state index is 2.42. The molecular weight excluding hydrogens is 865 g/mol. The van der Waals surface area contributed by atoms with E-state index in [4.69, 9.17) is 0 Å². The highest BCUT2D eigenvalue weighted by Gasteiger charge is 2.46. The number of para-hydroxylation sites is 2. The number of aromatic nitrogens is 1. The maximum Gasteiger partial charge on any atom is 0.0713 e. The summed E-state index contributed by atoms with van der Waals surface area (Å²) in [5.41, 5.74) is 18.8. The Hall–Kier alpha value is -8.76. The molecule has 2 heterocycles. The Labute approximate surface area is 411 Å². The maximum atomic E-state index is 2.42. The van der Waals surface area contributed by atoms with E-state index in [1.807, 2.05) is 11.3 Å². The highest BCUT2D eigenvalue weighted by Crippen LogP contribution is 2.57. The van der Waals surface area contributed by atoms with Crippen LogP contribution < -0.4 is 4.90 Å². The molecule has 3 heteroatoms. The Morgan fingerprint density at radius 3 is 1.44 bits per heavy atom. The van der Waals surface area contributed by atoms with Crippen LogP contribution in [-0.2, 0) is 5.41 Å². The number of nitrogens with zero attached hydrogens (tertiary/aromatic N) is 2. The fraction of sp³-hybridized carbons (Fsp3) is 0.0149. The van der Waals surface area contributed by atoms with Gasteiger partial charge in [0.15, 0.2) is 0 Å². The Morgan fingerprint density at radius 1 is 0.314 bits per heavy atom. The van der Waals surface area contributed by atoms with Gasteiger partial charge in [-0.05, 0) is 134 Å². The Morgan fingerprint density at radius 2 is 0.786 bits per heavy atom. The normalized spacial score (nSPS) is 12.7. The van der Waals surface area contributed by atoms with Crippen LogP contribution in [0.3, 0.4) is 0 Å². The predicted molar refractivity (Wildman–Crippen MR) is 297 cm³/mol. The molecule has 14 rings (SSSR count). The van der Waals surface area contributed by atoms with Gasteiger partial charge in [0.05, 0.1) is 16.4 Å². The first-order chi connectivity index (χ1) is 34.7. The third-order valence-electron chi connectivity index (χ3n) is 14.7. The van der Waals surface area contributed by atoms with Crippen LogP contribution in [0.15, 0.2) is 267 Å². The van der Waals surface area contributed by atoms with E-state index in [1.165, 1.54) is 97.6 Å². The summed E-state index contributed by atoms with van der Waals surface area (Å²) in [6.07, 6.45) is 0. The molecule has 0 bridgehead atoms. The van der Waals surface area contributed by atoms with Crippen LogP contribution in [0.2, 0.25) is 0 Å².